The van der Waals surface area contributed by atoms with Crippen LogP contribution in [0, 0.1) is 5.82 Å². The minimum absolute atomic E-state index is 0.0204. The van der Waals surface area contributed by atoms with Crippen LogP contribution in [-0.4, -0.2) is 26.9 Å². The van der Waals surface area contributed by atoms with Gasteiger partial charge in [0.1, 0.15) is 34.9 Å². The van der Waals surface area contributed by atoms with E-state index in [1.165, 1.54) is 49.4 Å². The normalized spacial score (nSPS) is 14.7. The Morgan fingerprint density at radius 1 is 1.00 bits per heavy atom. The van der Waals surface area contributed by atoms with Crippen LogP contribution in [-0.2, 0) is 0 Å². The zero-order valence-electron chi connectivity index (χ0n) is 16.0. The maximum absolute atomic E-state index is 13.2. The van der Waals surface area contributed by atoms with Crippen LogP contribution in [0.1, 0.15) is 45.7 Å². The average molecular weight is 410 g/mol. The molecule has 4 rings (SSSR count). The molecular formula is C23H19FO6. The number of benzene rings is 3. The predicted molar refractivity (Wildman–Crippen MR) is 107 cm³/mol. The Kier molecular flexibility index (Phi) is 6.01. The molecule has 30 heavy (non-hydrogen) atoms. The van der Waals surface area contributed by atoms with Gasteiger partial charge >= 0.3 is 0 Å². The largest absolute Gasteiger partial charge is 0.508 e. The number of ketones is 2. The fraction of sp³-hybridized carbons (Fsp3) is 0.130. The molecule has 0 aromatic heterocycles. The second kappa shape index (κ2) is 8.65. The van der Waals surface area contributed by atoms with E-state index in [0.717, 1.165) is 0 Å². The van der Waals surface area contributed by atoms with Crippen molar-refractivity contribution >= 4 is 11.6 Å². The monoisotopic (exact) mass is 410 g/mol. The standard InChI is InChI=1S/C15H11FO3.C8H8O3/c16-10-3-1-2-9(6-10)15-8-13(18)12-7-11(17)4-5-14(12)19-15;1-5(9)7-4-6(10)2-3-8(7)11/h1-7,15,17H,8H2;2-4,10-11H,1H3. The highest BCUT2D eigenvalue weighted by atomic mass is 19.1. The van der Waals surface area contributed by atoms with E-state index >= 15 is 0 Å². The fourth-order valence-corrected chi connectivity index (χ4v) is 3.01. The van der Waals surface area contributed by atoms with Crippen molar-refractivity contribution in [1.82, 2.24) is 0 Å². The van der Waals surface area contributed by atoms with Gasteiger partial charge in [0.25, 0.3) is 0 Å². The van der Waals surface area contributed by atoms with Crippen LogP contribution in [0.25, 0.3) is 0 Å². The van der Waals surface area contributed by atoms with Gasteiger partial charge < -0.3 is 20.1 Å². The van der Waals surface area contributed by atoms with Crippen molar-refractivity contribution in [1.29, 1.82) is 0 Å². The fourth-order valence-electron chi connectivity index (χ4n) is 3.01. The lowest BCUT2D eigenvalue weighted by atomic mass is 9.96. The van der Waals surface area contributed by atoms with Crippen LogP contribution in [0.2, 0.25) is 0 Å². The van der Waals surface area contributed by atoms with Crippen molar-refractivity contribution < 1.29 is 34.0 Å². The summed E-state index contributed by atoms with van der Waals surface area (Å²) in [5.74, 6) is -0.415. The summed E-state index contributed by atoms with van der Waals surface area (Å²) in [5.41, 5.74) is 1.14. The molecule has 3 N–H and O–H groups in total. The molecule has 154 valence electrons. The third kappa shape index (κ3) is 4.75. The van der Waals surface area contributed by atoms with E-state index in [1.807, 2.05) is 0 Å². The smallest absolute Gasteiger partial charge is 0.170 e. The molecule has 0 spiro atoms. The first-order valence-corrected chi connectivity index (χ1v) is 9.06. The van der Waals surface area contributed by atoms with Crippen molar-refractivity contribution in [2.24, 2.45) is 0 Å². The summed E-state index contributed by atoms with van der Waals surface area (Å²) in [5, 5.41) is 27.4. The number of rotatable bonds is 2. The van der Waals surface area contributed by atoms with E-state index in [0.29, 0.717) is 16.9 Å². The molecule has 1 heterocycles. The number of phenolic OH excluding ortho intramolecular Hbond substituents is 3. The molecule has 0 fully saturated rings. The van der Waals surface area contributed by atoms with Gasteiger partial charge in [0.2, 0.25) is 0 Å². The van der Waals surface area contributed by atoms with E-state index in [4.69, 9.17) is 14.9 Å². The molecule has 7 heteroatoms. The van der Waals surface area contributed by atoms with Crippen molar-refractivity contribution in [3.05, 3.63) is 83.2 Å². The number of carbonyl (C=O) groups is 2. The molecule has 0 bridgehead atoms. The molecular weight excluding hydrogens is 391 g/mol. The Bertz CT molecular complexity index is 1110. The van der Waals surface area contributed by atoms with E-state index in [-0.39, 0.29) is 46.6 Å². The number of fused-ring (bicyclic) bond motifs is 1. The number of halogens is 1. The molecule has 0 amide bonds. The third-order valence-corrected chi connectivity index (χ3v) is 4.48. The van der Waals surface area contributed by atoms with E-state index in [1.54, 1.807) is 18.2 Å². The summed E-state index contributed by atoms with van der Waals surface area (Å²) in [6, 6.07) is 14.3. The molecule has 6 nitrogen and oxygen atoms in total. The summed E-state index contributed by atoms with van der Waals surface area (Å²) in [4.78, 5) is 22.8. The van der Waals surface area contributed by atoms with Gasteiger partial charge in [0.15, 0.2) is 11.6 Å². The Morgan fingerprint density at radius 2 is 1.70 bits per heavy atom. The van der Waals surface area contributed by atoms with Crippen LogP contribution < -0.4 is 4.74 Å². The van der Waals surface area contributed by atoms with E-state index < -0.39 is 6.10 Å². The first-order chi connectivity index (χ1) is 14.2. The highest BCUT2D eigenvalue weighted by Gasteiger charge is 2.28. The molecule has 1 aliphatic heterocycles. The average Bonchev–Trinajstić information content (AvgIpc) is 2.70. The number of phenols is 3. The van der Waals surface area contributed by atoms with Gasteiger partial charge in [-0.2, -0.15) is 0 Å². The van der Waals surface area contributed by atoms with Gasteiger partial charge in [-0.25, -0.2) is 4.39 Å². The lowest BCUT2D eigenvalue weighted by molar-refractivity contribution is 0.0848. The van der Waals surface area contributed by atoms with Gasteiger partial charge in [-0.15, -0.1) is 0 Å². The van der Waals surface area contributed by atoms with E-state index in [9.17, 15) is 19.1 Å². The molecule has 1 unspecified atom stereocenters. The molecule has 0 saturated carbocycles. The number of aromatic hydroxyl groups is 3. The summed E-state index contributed by atoms with van der Waals surface area (Å²) in [6.45, 7) is 1.33. The van der Waals surface area contributed by atoms with Gasteiger partial charge in [0.05, 0.1) is 17.5 Å². The lowest BCUT2D eigenvalue weighted by Crippen LogP contribution is -2.20. The Labute approximate surface area is 171 Å². The van der Waals surface area contributed by atoms with Crippen molar-refractivity contribution in [2.75, 3.05) is 0 Å². The minimum Gasteiger partial charge on any atom is -0.508 e. The first kappa shape index (κ1) is 20.9. The van der Waals surface area contributed by atoms with Crippen LogP contribution in [0.5, 0.6) is 23.0 Å². The van der Waals surface area contributed by atoms with Crippen molar-refractivity contribution in [3.8, 4) is 23.0 Å². The summed E-state index contributed by atoms with van der Waals surface area (Å²) < 4.78 is 18.9. The number of hydrogen-bond donors (Lipinski definition) is 3. The second-order valence-electron chi connectivity index (χ2n) is 6.73. The third-order valence-electron chi connectivity index (χ3n) is 4.48. The molecule has 1 aliphatic rings. The zero-order valence-corrected chi connectivity index (χ0v) is 16.0. The number of Topliss-reactive ketones (excluding diaryl/α,β-unsaturated/α-hetero) is 2. The number of hydrogen-bond acceptors (Lipinski definition) is 6. The van der Waals surface area contributed by atoms with Crippen LogP contribution in [0.4, 0.5) is 4.39 Å². The molecule has 0 aliphatic carbocycles. The summed E-state index contributed by atoms with van der Waals surface area (Å²) in [6.07, 6.45) is -0.347. The maximum atomic E-state index is 13.2. The Hall–Kier alpha value is -3.87. The molecule has 3 aromatic carbocycles. The van der Waals surface area contributed by atoms with Gasteiger partial charge in [-0.1, -0.05) is 12.1 Å². The van der Waals surface area contributed by atoms with Crippen molar-refractivity contribution in [3.63, 3.8) is 0 Å². The van der Waals surface area contributed by atoms with Crippen molar-refractivity contribution in [2.45, 2.75) is 19.4 Å². The van der Waals surface area contributed by atoms with Gasteiger partial charge in [-0.3, -0.25) is 9.59 Å². The molecule has 0 radical (unpaired) electrons. The first-order valence-electron chi connectivity index (χ1n) is 9.06. The topological polar surface area (TPSA) is 104 Å². The van der Waals surface area contributed by atoms with Crippen LogP contribution in [0.15, 0.2) is 60.7 Å². The quantitative estimate of drug-likeness (QED) is 0.423. The van der Waals surface area contributed by atoms with E-state index in [2.05, 4.69) is 0 Å². The maximum Gasteiger partial charge on any atom is 0.170 e. The summed E-state index contributed by atoms with van der Waals surface area (Å²) in [7, 11) is 0. The Balaban J connectivity index is 0.000000199. The zero-order chi connectivity index (χ0) is 21.8. The van der Waals surface area contributed by atoms with Crippen LogP contribution >= 0.6 is 0 Å². The highest BCUT2D eigenvalue weighted by molar-refractivity contribution is 6.00. The second-order valence-corrected chi connectivity index (χ2v) is 6.73. The van der Waals surface area contributed by atoms with Gasteiger partial charge in [-0.05, 0) is 61.0 Å². The van der Waals surface area contributed by atoms with Crippen LogP contribution in [0.3, 0.4) is 0 Å². The SMILES string of the molecule is CC(=O)c1cc(O)ccc1O.O=C1CC(c2cccc(F)c2)Oc2ccc(O)cc21. The molecule has 3 aromatic rings. The van der Waals surface area contributed by atoms with Gasteiger partial charge in [0, 0.05) is 0 Å². The summed E-state index contributed by atoms with van der Waals surface area (Å²) >= 11 is 0. The predicted octanol–water partition coefficient (Wildman–Crippen LogP) is 4.54. The number of ether oxygens (including phenoxy) is 1. The Morgan fingerprint density at radius 3 is 2.37 bits per heavy atom. The number of carbonyl (C=O) groups excluding carboxylic acids is 2. The molecule has 0 saturated heterocycles. The minimum atomic E-state index is -0.486. The molecule has 1 atom stereocenters. The lowest BCUT2D eigenvalue weighted by Gasteiger charge is -2.25. The highest BCUT2D eigenvalue weighted by Crippen LogP contribution is 2.36.